The predicted octanol–water partition coefficient (Wildman–Crippen LogP) is 2.93. The van der Waals surface area contributed by atoms with Crippen LogP contribution in [0.15, 0.2) is 11.4 Å². The number of rotatable bonds is 5. The van der Waals surface area contributed by atoms with Crippen molar-refractivity contribution in [2.75, 3.05) is 13.2 Å². The largest absolute Gasteiger partial charge is 0.462 e. The minimum Gasteiger partial charge on any atom is -0.462 e. The monoisotopic (exact) mass is 339 g/mol. The standard InChI is InChI=1S/C15H17NO4S2/c1-2-19-15(18)13-9(12-11(22-13)5-7-21-12)8-16-14(17)10-4-3-6-20-10/h5,7,10H,2-4,6,8H2,1H3,(H,16,17)/t10-/m1/s1. The highest BCUT2D eigenvalue weighted by atomic mass is 32.1. The van der Waals surface area contributed by atoms with E-state index in [1.165, 1.54) is 11.3 Å². The van der Waals surface area contributed by atoms with Crippen molar-refractivity contribution in [2.45, 2.75) is 32.4 Å². The quantitative estimate of drug-likeness (QED) is 0.851. The average Bonchev–Trinajstić information content (AvgIpc) is 3.21. The lowest BCUT2D eigenvalue weighted by Crippen LogP contribution is -2.33. The van der Waals surface area contributed by atoms with Gasteiger partial charge in [-0.1, -0.05) is 0 Å². The first kappa shape index (κ1) is 15.5. The summed E-state index contributed by atoms with van der Waals surface area (Å²) in [4.78, 5) is 24.7. The Morgan fingerprint density at radius 2 is 2.36 bits per heavy atom. The zero-order chi connectivity index (χ0) is 15.5. The van der Waals surface area contributed by atoms with Crippen LogP contribution in [0.3, 0.4) is 0 Å². The van der Waals surface area contributed by atoms with Crippen LogP contribution in [0.25, 0.3) is 9.40 Å². The molecule has 1 atom stereocenters. The van der Waals surface area contributed by atoms with Crippen LogP contribution in [0.5, 0.6) is 0 Å². The Kier molecular flexibility index (Phi) is 4.75. The van der Waals surface area contributed by atoms with Gasteiger partial charge in [0.2, 0.25) is 5.91 Å². The highest BCUT2D eigenvalue weighted by Gasteiger charge is 2.25. The van der Waals surface area contributed by atoms with Crippen molar-refractivity contribution >= 4 is 43.9 Å². The number of carbonyl (C=O) groups is 2. The molecule has 5 nitrogen and oxygen atoms in total. The lowest BCUT2D eigenvalue weighted by Gasteiger charge is -2.10. The van der Waals surface area contributed by atoms with Gasteiger partial charge >= 0.3 is 5.97 Å². The molecular formula is C15H17NO4S2. The third kappa shape index (κ3) is 3.02. The third-order valence-corrected chi connectivity index (χ3v) is 5.79. The molecule has 0 spiro atoms. The van der Waals surface area contributed by atoms with E-state index in [1.807, 2.05) is 11.4 Å². The first-order valence-corrected chi connectivity index (χ1v) is 8.95. The van der Waals surface area contributed by atoms with Crippen molar-refractivity contribution in [1.82, 2.24) is 5.32 Å². The molecule has 1 amide bonds. The van der Waals surface area contributed by atoms with Gasteiger partial charge in [-0.05, 0) is 31.2 Å². The van der Waals surface area contributed by atoms with Gasteiger partial charge in [-0.25, -0.2) is 4.79 Å². The molecular weight excluding hydrogens is 322 g/mol. The normalized spacial score (nSPS) is 17.8. The summed E-state index contributed by atoms with van der Waals surface area (Å²) in [6.07, 6.45) is 1.32. The van der Waals surface area contributed by atoms with E-state index >= 15 is 0 Å². The summed E-state index contributed by atoms with van der Waals surface area (Å²) in [5.74, 6) is -0.430. The van der Waals surface area contributed by atoms with Gasteiger partial charge in [0, 0.05) is 23.4 Å². The maximum Gasteiger partial charge on any atom is 0.348 e. The van der Waals surface area contributed by atoms with E-state index in [4.69, 9.17) is 9.47 Å². The minimum absolute atomic E-state index is 0.108. The summed E-state index contributed by atoms with van der Waals surface area (Å²) >= 11 is 2.99. The van der Waals surface area contributed by atoms with Gasteiger partial charge in [0.1, 0.15) is 11.0 Å². The van der Waals surface area contributed by atoms with Crippen LogP contribution >= 0.6 is 22.7 Å². The molecule has 0 aromatic carbocycles. The van der Waals surface area contributed by atoms with Crippen molar-refractivity contribution in [1.29, 1.82) is 0 Å². The van der Waals surface area contributed by atoms with E-state index in [-0.39, 0.29) is 18.0 Å². The Bertz CT molecular complexity index is 685. The summed E-state index contributed by atoms with van der Waals surface area (Å²) in [5.41, 5.74) is 0.847. The Labute approximate surface area is 136 Å². The third-order valence-electron chi connectivity index (χ3n) is 3.51. The molecule has 1 saturated heterocycles. The van der Waals surface area contributed by atoms with Crippen molar-refractivity contribution in [3.8, 4) is 0 Å². The Morgan fingerprint density at radius 1 is 1.50 bits per heavy atom. The number of fused-ring (bicyclic) bond motifs is 1. The van der Waals surface area contributed by atoms with Crippen LogP contribution in [-0.2, 0) is 20.8 Å². The molecule has 0 unspecified atom stereocenters. The number of hydrogen-bond acceptors (Lipinski definition) is 6. The highest BCUT2D eigenvalue weighted by molar-refractivity contribution is 7.28. The molecule has 3 heterocycles. The lowest BCUT2D eigenvalue weighted by molar-refractivity contribution is -0.130. The van der Waals surface area contributed by atoms with E-state index in [0.717, 1.165) is 27.8 Å². The number of nitrogens with one attached hydrogen (secondary N) is 1. The molecule has 2 aromatic rings. The van der Waals surface area contributed by atoms with Gasteiger partial charge in [0.05, 0.1) is 11.3 Å². The van der Waals surface area contributed by atoms with Gasteiger partial charge in [0.15, 0.2) is 0 Å². The molecule has 2 aromatic heterocycles. The van der Waals surface area contributed by atoms with E-state index < -0.39 is 0 Å². The first-order chi connectivity index (χ1) is 10.7. The fraction of sp³-hybridized carbons (Fsp3) is 0.467. The van der Waals surface area contributed by atoms with Gasteiger partial charge in [-0.3, -0.25) is 4.79 Å². The first-order valence-electron chi connectivity index (χ1n) is 7.26. The molecule has 118 valence electrons. The summed E-state index contributed by atoms with van der Waals surface area (Å²) in [6.45, 7) is 3.09. The number of amides is 1. The molecule has 7 heteroatoms. The number of esters is 1. The second kappa shape index (κ2) is 6.76. The van der Waals surface area contributed by atoms with Crippen LogP contribution in [-0.4, -0.2) is 31.2 Å². The van der Waals surface area contributed by atoms with E-state index in [2.05, 4.69) is 5.32 Å². The van der Waals surface area contributed by atoms with Crippen LogP contribution in [0, 0.1) is 0 Å². The summed E-state index contributed by atoms with van der Waals surface area (Å²) in [7, 11) is 0. The van der Waals surface area contributed by atoms with E-state index in [9.17, 15) is 9.59 Å². The van der Waals surface area contributed by atoms with Gasteiger partial charge in [-0.2, -0.15) is 0 Å². The van der Waals surface area contributed by atoms with Crippen LogP contribution in [0.1, 0.15) is 35.0 Å². The zero-order valence-corrected chi connectivity index (χ0v) is 13.9. The molecule has 0 radical (unpaired) electrons. The highest BCUT2D eigenvalue weighted by Crippen LogP contribution is 2.35. The van der Waals surface area contributed by atoms with Crippen molar-refractivity contribution in [3.63, 3.8) is 0 Å². The molecule has 0 bridgehead atoms. The SMILES string of the molecule is CCOC(=O)c1sc2ccsc2c1CNC(=O)[C@H]1CCCO1. The molecule has 3 rings (SSSR count). The second-order valence-electron chi connectivity index (χ2n) is 4.96. The molecule has 1 aliphatic rings. The van der Waals surface area contributed by atoms with Crippen LogP contribution < -0.4 is 5.32 Å². The van der Waals surface area contributed by atoms with Crippen LogP contribution in [0.2, 0.25) is 0 Å². The predicted molar refractivity (Wildman–Crippen MR) is 86.5 cm³/mol. The van der Waals surface area contributed by atoms with Crippen molar-refractivity contribution in [3.05, 3.63) is 21.9 Å². The number of ether oxygens (including phenoxy) is 2. The smallest absolute Gasteiger partial charge is 0.348 e. The molecule has 1 fully saturated rings. The molecule has 1 aliphatic heterocycles. The van der Waals surface area contributed by atoms with Gasteiger partial charge < -0.3 is 14.8 Å². The average molecular weight is 339 g/mol. The Morgan fingerprint density at radius 3 is 3.09 bits per heavy atom. The minimum atomic E-state index is -0.358. The van der Waals surface area contributed by atoms with Crippen molar-refractivity contribution < 1.29 is 19.1 Å². The van der Waals surface area contributed by atoms with Gasteiger partial charge in [0.25, 0.3) is 0 Å². The summed E-state index contributed by atoms with van der Waals surface area (Å²) < 4.78 is 12.6. The summed E-state index contributed by atoms with van der Waals surface area (Å²) in [6, 6.07) is 1.98. The lowest BCUT2D eigenvalue weighted by atomic mass is 10.2. The summed E-state index contributed by atoms with van der Waals surface area (Å²) in [5, 5.41) is 4.88. The van der Waals surface area contributed by atoms with Crippen LogP contribution in [0.4, 0.5) is 0 Å². The second-order valence-corrected chi connectivity index (χ2v) is 6.93. The van der Waals surface area contributed by atoms with E-state index in [1.54, 1.807) is 18.3 Å². The molecule has 0 saturated carbocycles. The fourth-order valence-corrected chi connectivity index (χ4v) is 4.74. The number of carbonyl (C=O) groups excluding carboxylic acids is 2. The Hall–Kier alpha value is -1.44. The number of thiophene rings is 2. The van der Waals surface area contributed by atoms with Crippen molar-refractivity contribution in [2.24, 2.45) is 0 Å². The molecule has 22 heavy (non-hydrogen) atoms. The topological polar surface area (TPSA) is 64.6 Å². The Balaban J connectivity index is 1.78. The molecule has 0 aliphatic carbocycles. The molecule has 1 N–H and O–H groups in total. The maximum atomic E-state index is 12.1. The van der Waals surface area contributed by atoms with Gasteiger partial charge in [-0.15, -0.1) is 22.7 Å². The zero-order valence-electron chi connectivity index (χ0n) is 12.2. The number of hydrogen-bond donors (Lipinski definition) is 1. The maximum absolute atomic E-state index is 12.1. The van der Waals surface area contributed by atoms with E-state index in [0.29, 0.717) is 24.6 Å². The fourth-order valence-electron chi connectivity index (χ4n) is 2.47.